The lowest BCUT2D eigenvalue weighted by Gasteiger charge is -2.36. The summed E-state index contributed by atoms with van der Waals surface area (Å²) >= 11 is 0. The minimum absolute atomic E-state index is 0.162. The highest BCUT2D eigenvalue weighted by Gasteiger charge is 2.32. The number of hydrogen-bond donors (Lipinski definition) is 2. The van der Waals surface area contributed by atoms with Gasteiger partial charge in [-0.2, -0.15) is 0 Å². The highest BCUT2D eigenvalue weighted by atomic mass is 16.5. The Morgan fingerprint density at radius 2 is 2.08 bits per heavy atom. The highest BCUT2D eigenvalue weighted by molar-refractivity contribution is 5.81. The average molecular weight is 349 g/mol. The van der Waals surface area contributed by atoms with Gasteiger partial charge < -0.3 is 25.4 Å². The number of para-hydroxylation sites is 1. The molecule has 3 atom stereocenters. The molecule has 138 valence electrons. The van der Waals surface area contributed by atoms with Crippen molar-refractivity contribution in [1.29, 1.82) is 0 Å². The molecule has 1 saturated heterocycles. The van der Waals surface area contributed by atoms with Gasteiger partial charge in [-0.25, -0.2) is 4.79 Å². The van der Waals surface area contributed by atoms with Crippen LogP contribution in [0.15, 0.2) is 24.3 Å². The summed E-state index contributed by atoms with van der Waals surface area (Å²) in [7, 11) is 0. The molecule has 2 rings (SSSR count). The van der Waals surface area contributed by atoms with E-state index in [9.17, 15) is 9.59 Å². The zero-order valence-corrected chi connectivity index (χ0v) is 15.0. The molecule has 0 saturated carbocycles. The van der Waals surface area contributed by atoms with Gasteiger partial charge in [0.05, 0.1) is 25.3 Å². The second kappa shape index (κ2) is 8.71. The molecule has 1 fully saturated rings. The van der Waals surface area contributed by atoms with Gasteiger partial charge in [0, 0.05) is 12.1 Å². The van der Waals surface area contributed by atoms with E-state index >= 15 is 0 Å². The SMILES string of the molecule is CCOc1ccccc1[C@H](CC)NC(=O)N1C[C@@H](C)O[C@@H](C(N)=O)C1. The van der Waals surface area contributed by atoms with E-state index in [1.54, 1.807) is 4.90 Å². The topological polar surface area (TPSA) is 93.9 Å². The molecule has 0 aliphatic carbocycles. The molecular formula is C18H27N3O4. The van der Waals surface area contributed by atoms with Crippen LogP contribution >= 0.6 is 0 Å². The van der Waals surface area contributed by atoms with Gasteiger partial charge in [0.25, 0.3) is 0 Å². The van der Waals surface area contributed by atoms with Gasteiger partial charge in [-0.15, -0.1) is 0 Å². The van der Waals surface area contributed by atoms with E-state index in [0.29, 0.717) is 13.2 Å². The molecule has 0 unspecified atom stereocenters. The van der Waals surface area contributed by atoms with Crippen LogP contribution in [0, 0.1) is 0 Å². The van der Waals surface area contributed by atoms with Gasteiger partial charge in [-0.3, -0.25) is 4.79 Å². The quantitative estimate of drug-likeness (QED) is 0.819. The summed E-state index contributed by atoms with van der Waals surface area (Å²) in [5.74, 6) is 0.209. The minimum Gasteiger partial charge on any atom is -0.494 e. The van der Waals surface area contributed by atoms with Crippen molar-refractivity contribution in [2.24, 2.45) is 5.73 Å². The summed E-state index contributed by atoms with van der Waals surface area (Å²) in [6.45, 7) is 6.88. The maximum atomic E-state index is 12.7. The maximum absolute atomic E-state index is 12.7. The Kier molecular flexibility index (Phi) is 6.64. The Balaban J connectivity index is 2.10. The predicted octanol–water partition coefficient (Wildman–Crippen LogP) is 1.82. The molecular weight excluding hydrogens is 322 g/mol. The highest BCUT2D eigenvalue weighted by Crippen LogP contribution is 2.27. The van der Waals surface area contributed by atoms with E-state index in [0.717, 1.165) is 17.7 Å². The summed E-state index contributed by atoms with van der Waals surface area (Å²) in [6.07, 6.45) is -0.298. The van der Waals surface area contributed by atoms with Crippen molar-refractivity contribution in [3.63, 3.8) is 0 Å². The fraction of sp³-hybridized carbons (Fsp3) is 0.556. The van der Waals surface area contributed by atoms with Crippen LogP contribution in [-0.4, -0.2) is 48.7 Å². The molecule has 3 amide bonds. The fourth-order valence-corrected chi connectivity index (χ4v) is 2.97. The molecule has 0 spiro atoms. The first kappa shape index (κ1) is 19.1. The molecule has 0 bridgehead atoms. The van der Waals surface area contributed by atoms with E-state index < -0.39 is 12.0 Å². The number of carbonyl (C=O) groups excluding carboxylic acids is 2. The van der Waals surface area contributed by atoms with Crippen molar-refractivity contribution in [1.82, 2.24) is 10.2 Å². The zero-order valence-electron chi connectivity index (χ0n) is 15.0. The van der Waals surface area contributed by atoms with Crippen molar-refractivity contribution in [2.75, 3.05) is 19.7 Å². The summed E-state index contributed by atoms with van der Waals surface area (Å²) in [6, 6.07) is 7.26. The molecule has 1 aromatic carbocycles. The molecule has 7 nitrogen and oxygen atoms in total. The van der Waals surface area contributed by atoms with E-state index in [2.05, 4.69) is 5.32 Å². The van der Waals surface area contributed by atoms with Crippen LogP contribution < -0.4 is 15.8 Å². The number of rotatable bonds is 6. The first-order chi connectivity index (χ1) is 12.0. The number of nitrogens with two attached hydrogens (primary N) is 1. The lowest BCUT2D eigenvalue weighted by atomic mass is 10.0. The van der Waals surface area contributed by atoms with Gasteiger partial charge in [-0.1, -0.05) is 25.1 Å². The van der Waals surface area contributed by atoms with Crippen LogP contribution in [0.4, 0.5) is 4.79 Å². The number of amides is 3. The third kappa shape index (κ3) is 4.85. The van der Waals surface area contributed by atoms with Crippen molar-refractivity contribution in [2.45, 2.75) is 45.4 Å². The van der Waals surface area contributed by atoms with Crippen LogP contribution in [0.5, 0.6) is 5.75 Å². The molecule has 1 aliphatic rings. The number of urea groups is 1. The van der Waals surface area contributed by atoms with E-state index in [1.807, 2.05) is 45.0 Å². The van der Waals surface area contributed by atoms with E-state index in [4.69, 9.17) is 15.2 Å². The molecule has 25 heavy (non-hydrogen) atoms. The summed E-state index contributed by atoms with van der Waals surface area (Å²) < 4.78 is 11.1. The standard InChI is InChI=1S/C18H27N3O4/c1-4-14(13-8-6-7-9-15(13)24-5-2)20-18(23)21-10-12(3)25-16(11-21)17(19)22/h6-9,12,14,16H,4-5,10-11H2,1-3H3,(H2,19,22)(H,20,23)/t12-,14+,16-/m1/s1. The lowest BCUT2D eigenvalue weighted by Crippen LogP contribution is -2.56. The second-order valence-electron chi connectivity index (χ2n) is 6.12. The minimum atomic E-state index is -0.773. The van der Waals surface area contributed by atoms with E-state index in [1.165, 1.54) is 0 Å². The van der Waals surface area contributed by atoms with Crippen molar-refractivity contribution >= 4 is 11.9 Å². The lowest BCUT2D eigenvalue weighted by molar-refractivity contribution is -0.139. The third-order valence-corrected chi connectivity index (χ3v) is 4.17. The molecule has 0 aromatic heterocycles. The Bertz CT molecular complexity index is 608. The van der Waals surface area contributed by atoms with Crippen molar-refractivity contribution < 1.29 is 19.1 Å². The summed E-state index contributed by atoms with van der Waals surface area (Å²) in [5.41, 5.74) is 6.26. The number of morpholine rings is 1. The Morgan fingerprint density at radius 1 is 1.36 bits per heavy atom. The van der Waals surface area contributed by atoms with E-state index in [-0.39, 0.29) is 24.7 Å². The largest absolute Gasteiger partial charge is 0.494 e. The number of ether oxygens (including phenoxy) is 2. The second-order valence-corrected chi connectivity index (χ2v) is 6.12. The Labute approximate surface area is 148 Å². The molecule has 3 N–H and O–H groups in total. The Hall–Kier alpha value is -2.28. The van der Waals surface area contributed by atoms with Crippen molar-refractivity contribution in [3.8, 4) is 5.75 Å². The average Bonchev–Trinajstić information content (AvgIpc) is 2.60. The van der Waals surface area contributed by atoms with Gasteiger partial charge in [0.15, 0.2) is 6.10 Å². The van der Waals surface area contributed by atoms with Crippen LogP contribution in [0.1, 0.15) is 38.8 Å². The van der Waals surface area contributed by atoms with Crippen molar-refractivity contribution in [3.05, 3.63) is 29.8 Å². The molecule has 0 radical (unpaired) electrons. The van der Waals surface area contributed by atoms with Gasteiger partial charge in [0.1, 0.15) is 5.75 Å². The van der Waals surface area contributed by atoms with Crippen LogP contribution in [0.2, 0.25) is 0 Å². The summed E-state index contributed by atoms with van der Waals surface area (Å²) in [5, 5.41) is 3.03. The predicted molar refractivity (Wildman–Crippen MR) is 94.3 cm³/mol. The molecule has 1 heterocycles. The van der Waals surface area contributed by atoms with Crippen LogP contribution in [-0.2, 0) is 9.53 Å². The number of nitrogens with one attached hydrogen (secondary N) is 1. The number of carbonyl (C=O) groups is 2. The Morgan fingerprint density at radius 3 is 2.72 bits per heavy atom. The molecule has 7 heteroatoms. The number of hydrogen-bond acceptors (Lipinski definition) is 4. The third-order valence-electron chi connectivity index (χ3n) is 4.17. The van der Waals surface area contributed by atoms with Crippen LogP contribution in [0.3, 0.4) is 0 Å². The number of benzene rings is 1. The van der Waals surface area contributed by atoms with Gasteiger partial charge in [-0.05, 0) is 26.3 Å². The normalized spacial score (nSPS) is 21.5. The first-order valence-electron chi connectivity index (χ1n) is 8.68. The fourth-order valence-electron chi connectivity index (χ4n) is 2.97. The number of primary amides is 1. The molecule has 1 aromatic rings. The zero-order chi connectivity index (χ0) is 18.4. The smallest absolute Gasteiger partial charge is 0.318 e. The first-order valence-corrected chi connectivity index (χ1v) is 8.68. The monoisotopic (exact) mass is 349 g/mol. The molecule has 1 aliphatic heterocycles. The van der Waals surface area contributed by atoms with Crippen LogP contribution in [0.25, 0.3) is 0 Å². The summed E-state index contributed by atoms with van der Waals surface area (Å²) in [4.78, 5) is 25.7. The maximum Gasteiger partial charge on any atom is 0.318 e. The van der Waals surface area contributed by atoms with Gasteiger partial charge in [0.2, 0.25) is 5.91 Å². The number of nitrogens with zero attached hydrogens (tertiary/aromatic N) is 1. The van der Waals surface area contributed by atoms with Gasteiger partial charge >= 0.3 is 6.03 Å².